The number of nitrogen functional groups attached to an aromatic ring is 1. The number of amides is 2. The summed E-state index contributed by atoms with van der Waals surface area (Å²) in [6, 6.07) is 13.7. The first-order valence-electron chi connectivity index (χ1n) is 8.90. The minimum atomic E-state index is -0.260. The SMILES string of the molecule is Nc1ccccc1NC(=O)c1ccc(C(=O)NCCN2CCCC2)cc1. The van der Waals surface area contributed by atoms with E-state index in [2.05, 4.69) is 15.5 Å². The molecule has 0 saturated carbocycles. The van der Waals surface area contributed by atoms with Crippen molar-refractivity contribution in [3.8, 4) is 0 Å². The molecule has 0 aliphatic carbocycles. The van der Waals surface area contributed by atoms with Gasteiger partial charge in [-0.2, -0.15) is 0 Å². The van der Waals surface area contributed by atoms with Crippen LogP contribution in [0, 0.1) is 0 Å². The van der Waals surface area contributed by atoms with Crippen LogP contribution in [0.1, 0.15) is 33.6 Å². The molecule has 136 valence electrons. The third-order valence-corrected chi connectivity index (χ3v) is 4.53. The van der Waals surface area contributed by atoms with Gasteiger partial charge in [-0.1, -0.05) is 12.1 Å². The van der Waals surface area contributed by atoms with E-state index in [9.17, 15) is 9.59 Å². The second-order valence-corrected chi connectivity index (χ2v) is 6.42. The average molecular weight is 352 g/mol. The van der Waals surface area contributed by atoms with Gasteiger partial charge < -0.3 is 21.3 Å². The Hall–Kier alpha value is -2.86. The number of anilines is 2. The molecule has 1 saturated heterocycles. The zero-order chi connectivity index (χ0) is 18.4. The molecule has 26 heavy (non-hydrogen) atoms. The van der Waals surface area contributed by atoms with Crippen LogP contribution in [-0.4, -0.2) is 42.9 Å². The minimum Gasteiger partial charge on any atom is -0.397 e. The van der Waals surface area contributed by atoms with Crippen LogP contribution in [0.3, 0.4) is 0 Å². The van der Waals surface area contributed by atoms with Crippen molar-refractivity contribution >= 4 is 23.2 Å². The highest BCUT2D eigenvalue weighted by atomic mass is 16.2. The monoisotopic (exact) mass is 352 g/mol. The molecule has 0 spiro atoms. The van der Waals surface area contributed by atoms with Gasteiger partial charge in [0.05, 0.1) is 11.4 Å². The predicted octanol–water partition coefficient (Wildman–Crippen LogP) is 2.35. The summed E-state index contributed by atoms with van der Waals surface area (Å²) in [7, 11) is 0. The maximum atomic E-state index is 12.3. The van der Waals surface area contributed by atoms with Crippen LogP contribution in [0.2, 0.25) is 0 Å². The molecule has 0 radical (unpaired) electrons. The van der Waals surface area contributed by atoms with Gasteiger partial charge in [0.2, 0.25) is 0 Å². The molecule has 0 aromatic heterocycles. The van der Waals surface area contributed by atoms with E-state index in [0.717, 1.165) is 19.6 Å². The van der Waals surface area contributed by atoms with Gasteiger partial charge in [-0.05, 0) is 62.3 Å². The number of nitrogens with one attached hydrogen (secondary N) is 2. The van der Waals surface area contributed by atoms with Crippen LogP contribution in [0.25, 0.3) is 0 Å². The fraction of sp³-hybridized carbons (Fsp3) is 0.300. The normalized spacial score (nSPS) is 14.2. The Morgan fingerprint density at radius 1 is 0.923 bits per heavy atom. The lowest BCUT2D eigenvalue weighted by molar-refractivity contribution is 0.0948. The fourth-order valence-electron chi connectivity index (χ4n) is 3.01. The number of nitrogens with two attached hydrogens (primary N) is 1. The molecule has 2 aromatic carbocycles. The van der Waals surface area contributed by atoms with Crippen LogP contribution in [0.4, 0.5) is 11.4 Å². The molecular formula is C20H24N4O2. The van der Waals surface area contributed by atoms with Crippen LogP contribution >= 0.6 is 0 Å². The van der Waals surface area contributed by atoms with Crippen molar-refractivity contribution in [3.05, 3.63) is 59.7 Å². The van der Waals surface area contributed by atoms with Crippen molar-refractivity contribution in [2.24, 2.45) is 0 Å². The first-order chi connectivity index (χ1) is 12.6. The number of likely N-dealkylation sites (tertiary alicyclic amines) is 1. The van der Waals surface area contributed by atoms with Crippen LogP contribution in [0.15, 0.2) is 48.5 Å². The molecule has 6 nitrogen and oxygen atoms in total. The van der Waals surface area contributed by atoms with Gasteiger partial charge >= 0.3 is 0 Å². The summed E-state index contributed by atoms with van der Waals surface area (Å²) in [4.78, 5) is 26.8. The Morgan fingerprint density at radius 2 is 1.54 bits per heavy atom. The van der Waals surface area contributed by atoms with Crippen LogP contribution in [-0.2, 0) is 0 Å². The first-order valence-corrected chi connectivity index (χ1v) is 8.90. The number of carbonyl (C=O) groups is 2. The maximum Gasteiger partial charge on any atom is 0.255 e. The zero-order valence-corrected chi connectivity index (χ0v) is 14.7. The number of nitrogens with zero attached hydrogens (tertiary/aromatic N) is 1. The number of hydrogen-bond acceptors (Lipinski definition) is 4. The first kappa shape index (κ1) is 17.9. The van der Waals surface area contributed by atoms with Gasteiger partial charge in [-0.15, -0.1) is 0 Å². The highest BCUT2D eigenvalue weighted by Gasteiger charge is 2.13. The number of carbonyl (C=O) groups excluding carboxylic acids is 2. The summed E-state index contributed by atoms with van der Waals surface area (Å²) >= 11 is 0. The molecule has 1 aliphatic rings. The quantitative estimate of drug-likeness (QED) is 0.697. The Balaban J connectivity index is 1.53. The second-order valence-electron chi connectivity index (χ2n) is 6.42. The van der Waals surface area contributed by atoms with E-state index in [1.807, 2.05) is 12.1 Å². The molecule has 4 N–H and O–H groups in total. The topological polar surface area (TPSA) is 87.5 Å². The minimum absolute atomic E-state index is 0.122. The summed E-state index contributed by atoms with van der Waals surface area (Å²) in [5, 5.41) is 5.69. The maximum absolute atomic E-state index is 12.3. The summed E-state index contributed by atoms with van der Waals surface area (Å²) in [5.74, 6) is -0.382. The van der Waals surface area contributed by atoms with E-state index in [0.29, 0.717) is 29.0 Å². The van der Waals surface area contributed by atoms with E-state index in [1.165, 1.54) is 12.8 Å². The van der Waals surface area contributed by atoms with Gasteiger partial charge in [0, 0.05) is 24.2 Å². The molecule has 0 bridgehead atoms. The van der Waals surface area contributed by atoms with Crippen molar-refractivity contribution in [1.82, 2.24) is 10.2 Å². The lowest BCUT2D eigenvalue weighted by atomic mass is 10.1. The van der Waals surface area contributed by atoms with Gasteiger partial charge in [0.15, 0.2) is 0 Å². The predicted molar refractivity (Wildman–Crippen MR) is 103 cm³/mol. The Morgan fingerprint density at radius 3 is 2.19 bits per heavy atom. The number of benzene rings is 2. The molecule has 3 rings (SSSR count). The summed E-state index contributed by atoms with van der Waals surface area (Å²) < 4.78 is 0. The molecule has 1 aliphatic heterocycles. The Bertz CT molecular complexity index is 768. The largest absolute Gasteiger partial charge is 0.397 e. The second kappa shape index (κ2) is 8.49. The van der Waals surface area contributed by atoms with E-state index in [4.69, 9.17) is 5.73 Å². The Labute approximate surface area is 153 Å². The molecule has 6 heteroatoms. The summed E-state index contributed by atoms with van der Waals surface area (Å²) in [6.45, 7) is 3.75. The fourth-order valence-corrected chi connectivity index (χ4v) is 3.01. The highest BCUT2D eigenvalue weighted by molar-refractivity contribution is 6.06. The highest BCUT2D eigenvalue weighted by Crippen LogP contribution is 2.18. The van der Waals surface area contributed by atoms with Crippen molar-refractivity contribution in [3.63, 3.8) is 0 Å². The molecule has 2 aromatic rings. The van der Waals surface area contributed by atoms with Crippen molar-refractivity contribution < 1.29 is 9.59 Å². The number of hydrogen-bond donors (Lipinski definition) is 3. The molecule has 1 heterocycles. The molecule has 1 fully saturated rings. The van der Waals surface area contributed by atoms with Crippen molar-refractivity contribution in [2.45, 2.75) is 12.8 Å². The molecule has 2 amide bonds. The third kappa shape index (κ3) is 4.61. The van der Waals surface area contributed by atoms with Crippen molar-refractivity contribution in [2.75, 3.05) is 37.2 Å². The van der Waals surface area contributed by atoms with Crippen LogP contribution in [0.5, 0.6) is 0 Å². The Kier molecular flexibility index (Phi) is 5.86. The van der Waals surface area contributed by atoms with Gasteiger partial charge in [-0.3, -0.25) is 9.59 Å². The van der Waals surface area contributed by atoms with E-state index < -0.39 is 0 Å². The number of rotatable bonds is 6. The smallest absolute Gasteiger partial charge is 0.255 e. The summed E-state index contributed by atoms with van der Waals surface area (Å²) in [6.07, 6.45) is 2.48. The van der Waals surface area contributed by atoms with Gasteiger partial charge in [0.1, 0.15) is 0 Å². The lowest BCUT2D eigenvalue weighted by Gasteiger charge is -2.14. The standard InChI is InChI=1S/C20H24N4O2/c21-17-5-1-2-6-18(17)23-20(26)16-9-7-15(8-10-16)19(25)22-11-14-24-12-3-4-13-24/h1-2,5-10H,3-4,11-14,21H2,(H,22,25)(H,23,26). The zero-order valence-electron chi connectivity index (χ0n) is 14.7. The lowest BCUT2D eigenvalue weighted by Crippen LogP contribution is -2.33. The third-order valence-electron chi connectivity index (χ3n) is 4.53. The average Bonchev–Trinajstić information content (AvgIpc) is 3.17. The van der Waals surface area contributed by atoms with Crippen molar-refractivity contribution in [1.29, 1.82) is 0 Å². The molecule has 0 unspecified atom stereocenters. The number of para-hydroxylation sites is 2. The van der Waals surface area contributed by atoms with Crippen LogP contribution < -0.4 is 16.4 Å². The summed E-state index contributed by atoms with van der Waals surface area (Å²) in [5.41, 5.74) is 7.93. The molecule has 0 atom stereocenters. The van der Waals surface area contributed by atoms with Gasteiger partial charge in [-0.25, -0.2) is 0 Å². The van der Waals surface area contributed by atoms with E-state index in [-0.39, 0.29) is 11.8 Å². The van der Waals surface area contributed by atoms with Gasteiger partial charge in [0.25, 0.3) is 11.8 Å². The molecular weight excluding hydrogens is 328 g/mol. The van der Waals surface area contributed by atoms with E-state index in [1.54, 1.807) is 36.4 Å². The van der Waals surface area contributed by atoms with E-state index >= 15 is 0 Å².